The predicted octanol–water partition coefficient (Wildman–Crippen LogP) is -7.91. The van der Waals surface area contributed by atoms with Crippen molar-refractivity contribution in [2.75, 3.05) is 10.4 Å². The second-order valence-electron chi connectivity index (χ2n) is 14.4. The molecule has 0 aliphatic heterocycles. The maximum absolute atomic E-state index is 14.3. The van der Waals surface area contributed by atoms with Crippen molar-refractivity contribution in [1.29, 1.82) is 0 Å². The summed E-state index contributed by atoms with van der Waals surface area (Å²) in [7, 11) is 0. The number of nitro groups is 2. The number of nitro benzene ring substituents is 2. The van der Waals surface area contributed by atoms with Crippen molar-refractivity contribution in [3.8, 4) is 5.75 Å². The lowest BCUT2D eigenvalue weighted by Gasteiger charge is -2.31. The van der Waals surface area contributed by atoms with Crippen molar-refractivity contribution in [2.45, 2.75) is 43.5 Å². The first-order valence-electron chi connectivity index (χ1n) is 20.0. The molecule has 6 amide bonds. The Morgan fingerprint density at radius 1 is 0.662 bits per heavy atom. The quantitative estimate of drug-likeness (QED) is 0.00589. The van der Waals surface area contributed by atoms with Crippen molar-refractivity contribution in [3.63, 3.8) is 0 Å². The van der Waals surface area contributed by atoms with E-state index in [1.165, 1.54) is 30.3 Å². The zero-order valence-electron chi connectivity index (χ0n) is 37.3. The number of nitrogens with one attached hydrogen (secondary N) is 6. The maximum atomic E-state index is 14.3. The van der Waals surface area contributed by atoms with Crippen molar-refractivity contribution >= 4 is 93.1 Å². The normalized spacial score (nSPS) is 13.1. The average molecular weight is 1040 g/mol. The van der Waals surface area contributed by atoms with E-state index in [9.17, 15) is 59.2 Å². The molecule has 1 heterocycles. The van der Waals surface area contributed by atoms with E-state index in [2.05, 4.69) is 45.9 Å². The monoisotopic (exact) mass is 1040 g/mol. The lowest BCUT2D eigenvalue weighted by atomic mass is 10.1. The summed E-state index contributed by atoms with van der Waals surface area (Å²) in [5.41, 5.74) is 46.5. The number of nitrogens with two attached hydrogens (primary N) is 9. The van der Waals surface area contributed by atoms with Gasteiger partial charge in [-0.05, 0) is 21.9 Å². The van der Waals surface area contributed by atoms with E-state index in [0.29, 0.717) is 4.90 Å². The molecule has 39 heteroatoms. The standard InChI is InChI=1S/C35H44N24O15/c36-21(61)22(50-32(37)38)46-27(63)24(52-34(41)42)48-29(65)25(53-35(43)44)49-28(64)23(51-33(39)40)47-26(62)17(11-4-2-1-3-5-11)45-30(66)31(67)57(15-6-7-16(59(70)71)19-18(15)55-73-56-19)10-12-8-13(58(68)69)9-14(20(12)60)54-74-72/h1-9,17,22-25,31,54,60,67,72H,10H2,(H2,36,61)(H,45,66)(H,46,63)(H,47,62)(H,48,65)(H,49,64)(H4,37,38,50)(H4,39,40,51)(H4,41,42,52)(H4,43,44,53). The SMILES string of the molecule is NC(=O)C(N=C(N)N)NC(=O)C(N=C(N)N)NC(=O)C(N=C(N)N)NC(=O)C(N=C(N)N)NC(=O)C(NC(=O)C(O)N(Cc1cc([N+](=O)[O-])cc(NOO)c1O)c1ccc([N+](=O)[O-])c2nonc12)c1ccccc1. The Morgan fingerprint density at radius 3 is 1.62 bits per heavy atom. The first-order chi connectivity index (χ1) is 34.8. The highest BCUT2D eigenvalue weighted by Gasteiger charge is 2.36. The van der Waals surface area contributed by atoms with E-state index in [-0.39, 0.29) is 5.56 Å². The van der Waals surface area contributed by atoms with Crippen LogP contribution in [0, 0.1) is 20.2 Å². The number of aliphatic imine (C=N–C) groups is 4. The number of aromatic nitrogens is 2. The molecule has 0 radical (unpaired) electrons. The number of benzene rings is 3. The Kier molecular flexibility index (Phi) is 18.5. The van der Waals surface area contributed by atoms with Crippen molar-refractivity contribution in [2.24, 2.45) is 71.6 Å². The Hall–Kier alpha value is -11.0. The zero-order chi connectivity index (χ0) is 55.1. The highest BCUT2D eigenvalue weighted by atomic mass is 17.2. The summed E-state index contributed by atoms with van der Waals surface area (Å²) in [5.74, 6) is -12.6. The van der Waals surface area contributed by atoms with Gasteiger partial charge in [0, 0.05) is 23.8 Å². The fourth-order valence-electron chi connectivity index (χ4n) is 6.13. The summed E-state index contributed by atoms with van der Waals surface area (Å²) in [4.78, 5) is 121. The number of amides is 6. The lowest BCUT2D eigenvalue weighted by Crippen LogP contribution is -2.58. The topological polar surface area (TPSA) is 657 Å². The number of hydrogen-bond donors (Lipinski definition) is 18. The highest BCUT2D eigenvalue weighted by Crippen LogP contribution is 2.37. The molecule has 4 aromatic rings. The van der Waals surface area contributed by atoms with Crippen molar-refractivity contribution < 1.29 is 63.7 Å². The number of hydrogen-bond acceptors (Lipinski definition) is 23. The van der Waals surface area contributed by atoms with Crippen LogP contribution in [0.5, 0.6) is 5.75 Å². The molecule has 0 fully saturated rings. The molecule has 0 saturated carbocycles. The van der Waals surface area contributed by atoms with Crippen LogP contribution in [-0.4, -0.2) is 126 Å². The van der Waals surface area contributed by atoms with Gasteiger partial charge in [-0.15, -0.1) is 4.99 Å². The lowest BCUT2D eigenvalue weighted by molar-refractivity contribution is -0.384. The van der Waals surface area contributed by atoms with Gasteiger partial charge in [-0.2, -0.15) is 0 Å². The molecule has 0 aliphatic rings. The second-order valence-corrected chi connectivity index (χ2v) is 14.4. The van der Waals surface area contributed by atoms with Gasteiger partial charge in [0.15, 0.2) is 29.4 Å². The van der Waals surface area contributed by atoms with E-state index in [1.807, 2.05) is 21.4 Å². The molecular weight excluding hydrogens is 997 g/mol. The predicted molar refractivity (Wildman–Crippen MR) is 250 cm³/mol. The number of nitrogens with zero attached hydrogens (tertiary/aromatic N) is 9. The smallest absolute Gasteiger partial charge is 0.300 e. The number of fused-ring (bicyclic) bond motifs is 1. The molecule has 74 heavy (non-hydrogen) atoms. The molecule has 39 nitrogen and oxygen atoms in total. The zero-order valence-corrected chi connectivity index (χ0v) is 37.3. The number of non-ortho nitro benzene ring substituents is 2. The number of carbonyl (C=O) groups excluding carboxylic acids is 6. The maximum Gasteiger partial charge on any atom is 0.300 e. The average Bonchev–Trinajstić information content (AvgIpc) is 3.82. The molecule has 1 aromatic heterocycles. The Balaban J connectivity index is 1.73. The van der Waals surface area contributed by atoms with Crippen LogP contribution in [0.1, 0.15) is 17.2 Å². The number of rotatable bonds is 24. The van der Waals surface area contributed by atoms with Gasteiger partial charge in [0.2, 0.25) is 42.3 Å². The molecule has 4 rings (SSSR count). The van der Waals surface area contributed by atoms with Crippen LogP contribution in [0.15, 0.2) is 79.2 Å². The minimum absolute atomic E-state index is 0.0735. The summed E-state index contributed by atoms with van der Waals surface area (Å²) < 4.78 is 4.71. The highest BCUT2D eigenvalue weighted by molar-refractivity contribution is 6.00. The van der Waals surface area contributed by atoms with E-state index in [1.54, 1.807) is 0 Å². The molecule has 6 atom stereocenters. The van der Waals surface area contributed by atoms with Gasteiger partial charge in [0.1, 0.15) is 17.5 Å². The Labute approximate surface area is 410 Å². The van der Waals surface area contributed by atoms with Gasteiger partial charge in [-0.3, -0.25) is 49.0 Å². The number of phenols is 1. The van der Waals surface area contributed by atoms with Crippen LogP contribution >= 0.6 is 0 Å². The fraction of sp³-hybridized carbons (Fsp3) is 0.200. The van der Waals surface area contributed by atoms with Gasteiger partial charge >= 0.3 is 5.69 Å². The minimum Gasteiger partial charge on any atom is -0.505 e. The fourth-order valence-corrected chi connectivity index (χ4v) is 6.13. The number of aliphatic hydroxyl groups is 1. The Bertz CT molecular complexity index is 2920. The third-order valence-electron chi connectivity index (χ3n) is 9.21. The molecule has 0 aliphatic carbocycles. The largest absolute Gasteiger partial charge is 0.505 e. The first kappa shape index (κ1) is 55.6. The van der Waals surface area contributed by atoms with Crippen LogP contribution in [-0.2, 0) is 40.3 Å². The van der Waals surface area contributed by atoms with E-state index in [4.69, 9.17) is 61.5 Å². The minimum atomic E-state index is -2.58. The van der Waals surface area contributed by atoms with Crippen LogP contribution < -0.4 is 88.6 Å². The second kappa shape index (κ2) is 24.5. The Morgan fingerprint density at radius 2 is 1.15 bits per heavy atom. The van der Waals surface area contributed by atoms with Crippen molar-refractivity contribution in [3.05, 3.63) is 86.0 Å². The molecule has 6 unspecified atom stereocenters. The van der Waals surface area contributed by atoms with Crippen LogP contribution in [0.25, 0.3) is 11.0 Å². The van der Waals surface area contributed by atoms with Crippen LogP contribution in [0.2, 0.25) is 0 Å². The number of primary amides is 1. The molecular formula is C35H44N24O15. The number of aliphatic hydroxyl groups excluding tert-OH is 1. The van der Waals surface area contributed by atoms with E-state index >= 15 is 0 Å². The summed E-state index contributed by atoms with van der Waals surface area (Å²) in [6.45, 7) is -0.926. The summed E-state index contributed by atoms with van der Waals surface area (Å²) in [5, 5.41) is 73.0. The number of anilines is 2. The van der Waals surface area contributed by atoms with Gasteiger partial charge in [0.05, 0.1) is 22.1 Å². The van der Waals surface area contributed by atoms with E-state index < -0.39 is 158 Å². The first-order valence-corrected chi connectivity index (χ1v) is 20.0. The van der Waals surface area contributed by atoms with E-state index in [0.717, 1.165) is 24.3 Å². The summed E-state index contributed by atoms with van der Waals surface area (Å²) in [6, 6.07) is 8.24. The van der Waals surface area contributed by atoms with Crippen molar-refractivity contribution in [1.82, 2.24) is 36.9 Å². The molecule has 0 spiro atoms. The van der Waals surface area contributed by atoms with Gasteiger partial charge in [-0.1, -0.05) is 30.3 Å². The number of carbonyl (C=O) groups is 6. The molecule has 0 bridgehead atoms. The number of phenolic OH excluding ortho intramolecular Hbond substituents is 1. The summed E-state index contributed by atoms with van der Waals surface area (Å²) >= 11 is 0. The van der Waals surface area contributed by atoms with Gasteiger partial charge < -0.3 is 93.3 Å². The molecule has 3 aromatic carbocycles. The molecule has 27 N–H and O–H groups in total. The van der Waals surface area contributed by atoms with Crippen LogP contribution in [0.3, 0.4) is 0 Å². The third-order valence-corrected chi connectivity index (χ3v) is 9.21. The third kappa shape index (κ3) is 14.5. The van der Waals surface area contributed by atoms with Gasteiger partial charge in [0.25, 0.3) is 35.2 Å². The summed E-state index contributed by atoms with van der Waals surface area (Å²) in [6.07, 6.45) is -11.2. The van der Waals surface area contributed by atoms with Gasteiger partial charge in [-0.25, -0.2) is 35.3 Å². The molecule has 0 saturated heterocycles. The van der Waals surface area contributed by atoms with Crippen LogP contribution in [0.4, 0.5) is 22.7 Å². The molecule has 394 valence electrons. The number of aromatic hydroxyl groups is 1. The number of guanidine groups is 4.